The molecule has 1 fully saturated rings. The molecule has 1 aliphatic heterocycles. The van der Waals surface area contributed by atoms with Crippen LogP contribution in [0.2, 0.25) is 10.0 Å². The molecule has 176 valence electrons. The van der Waals surface area contributed by atoms with Gasteiger partial charge in [0.2, 0.25) is 5.91 Å². The number of carbonyl (C=O) groups is 3. The van der Waals surface area contributed by atoms with Crippen LogP contribution in [0.1, 0.15) is 47.4 Å². The number of likely N-dealkylation sites (tertiary alicyclic amines) is 1. The highest BCUT2D eigenvalue weighted by Crippen LogP contribution is 2.25. The van der Waals surface area contributed by atoms with E-state index in [-0.39, 0.29) is 34.1 Å². The van der Waals surface area contributed by atoms with Crippen molar-refractivity contribution in [3.8, 4) is 5.75 Å². The molecule has 0 spiro atoms. The van der Waals surface area contributed by atoms with Crippen LogP contribution in [-0.4, -0.2) is 48.7 Å². The number of ether oxygens (including phenoxy) is 1. The maximum atomic E-state index is 13.2. The maximum absolute atomic E-state index is 13.2. The molecule has 0 aliphatic carbocycles. The molecule has 3 rings (SSSR count). The van der Waals surface area contributed by atoms with Crippen LogP contribution in [0.25, 0.3) is 0 Å². The van der Waals surface area contributed by atoms with Gasteiger partial charge in [-0.05, 0) is 61.2 Å². The normalized spacial score (nSPS) is 15.3. The van der Waals surface area contributed by atoms with Crippen molar-refractivity contribution in [3.63, 3.8) is 0 Å². The molecule has 8 heteroatoms. The fourth-order valence-electron chi connectivity index (χ4n) is 3.96. The maximum Gasteiger partial charge on any atom is 0.253 e. The molecular formula is C25H28Cl2N2O4. The number of rotatable bonds is 7. The van der Waals surface area contributed by atoms with Crippen molar-refractivity contribution in [2.24, 2.45) is 11.8 Å². The highest BCUT2D eigenvalue weighted by atomic mass is 35.5. The van der Waals surface area contributed by atoms with E-state index in [4.69, 9.17) is 27.9 Å². The minimum Gasteiger partial charge on any atom is -0.497 e. The van der Waals surface area contributed by atoms with Crippen LogP contribution in [0.15, 0.2) is 42.5 Å². The first kappa shape index (κ1) is 25.1. The number of piperidine rings is 1. The van der Waals surface area contributed by atoms with E-state index in [0.717, 1.165) is 0 Å². The summed E-state index contributed by atoms with van der Waals surface area (Å²) in [5.41, 5.74) is 0.913. The number of nitrogens with zero attached hydrogens (tertiary/aromatic N) is 1. The molecule has 1 saturated heterocycles. The number of halogens is 2. The van der Waals surface area contributed by atoms with E-state index in [0.29, 0.717) is 42.3 Å². The summed E-state index contributed by atoms with van der Waals surface area (Å²) in [7, 11) is 1.58. The van der Waals surface area contributed by atoms with E-state index < -0.39 is 11.9 Å². The zero-order valence-electron chi connectivity index (χ0n) is 18.9. The molecule has 1 unspecified atom stereocenters. The first-order chi connectivity index (χ1) is 15.7. The fraction of sp³-hybridized carbons (Fsp3) is 0.400. The van der Waals surface area contributed by atoms with Crippen LogP contribution < -0.4 is 10.1 Å². The average Bonchev–Trinajstić information content (AvgIpc) is 2.81. The number of hydrogen-bond acceptors (Lipinski definition) is 4. The van der Waals surface area contributed by atoms with Gasteiger partial charge in [0.05, 0.1) is 17.7 Å². The van der Waals surface area contributed by atoms with Gasteiger partial charge in [0, 0.05) is 29.6 Å². The minimum atomic E-state index is -0.696. The van der Waals surface area contributed by atoms with Crippen LogP contribution in [0, 0.1) is 11.8 Å². The second-order valence-corrected chi connectivity index (χ2v) is 9.36. The van der Waals surface area contributed by atoms with Crippen LogP contribution >= 0.6 is 23.2 Å². The van der Waals surface area contributed by atoms with E-state index in [1.54, 1.807) is 42.3 Å². The number of Topliss-reactive ketones (excluding diaryl/α,β-unsaturated/α-hetero) is 1. The minimum absolute atomic E-state index is 0.0795. The molecule has 0 bridgehead atoms. The highest BCUT2D eigenvalue weighted by molar-refractivity contribution is 6.36. The Morgan fingerprint density at radius 1 is 1.03 bits per heavy atom. The van der Waals surface area contributed by atoms with E-state index in [9.17, 15) is 14.4 Å². The van der Waals surface area contributed by atoms with Gasteiger partial charge in [-0.1, -0.05) is 37.0 Å². The summed E-state index contributed by atoms with van der Waals surface area (Å²) >= 11 is 12.1. The highest BCUT2D eigenvalue weighted by Gasteiger charge is 2.33. The van der Waals surface area contributed by atoms with Crippen molar-refractivity contribution >= 4 is 40.8 Å². The third-order valence-corrected chi connectivity index (χ3v) is 6.49. The Balaban J connectivity index is 1.62. The third kappa shape index (κ3) is 6.06. The molecule has 1 N–H and O–H groups in total. The lowest BCUT2D eigenvalue weighted by atomic mass is 9.88. The number of nitrogens with one attached hydrogen (secondary N) is 1. The Bertz CT molecular complexity index is 1020. The van der Waals surface area contributed by atoms with Gasteiger partial charge in [0.1, 0.15) is 11.8 Å². The first-order valence-electron chi connectivity index (χ1n) is 10.9. The summed E-state index contributed by atoms with van der Waals surface area (Å²) in [4.78, 5) is 40.6. The van der Waals surface area contributed by atoms with Crippen molar-refractivity contribution in [2.45, 2.75) is 32.7 Å². The van der Waals surface area contributed by atoms with E-state index >= 15 is 0 Å². The van der Waals surface area contributed by atoms with E-state index in [2.05, 4.69) is 5.32 Å². The number of benzene rings is 2. The van der Waals surface area contributed by atoms with Gasteiger partial charge < -0.3 is 15.0 Å². The third-order valence-electron chi connectivity index (χ3n) is 5.95. The Labute approximate surface area is 204 Å². The summed E-state index contributed by atoms with van der Waals surface area (Å²) in [6, 6.07) is 11.0. The molecule has 6 nitrogen and oxygen atoms in total. The summed E-state index contributed by atoms with van der Waals surface area (Å²) in [5, 5.41) is 3.48. The van der Waals surface area contributed by atoms with Crippen LogP contribution in [0.5, 0.6) is 5.75 Å². The Hall–Kier alpha value is -2.57. The SMILES string of the molecule is COc1ccc(C(=O)C2CCN(C(=O)C(NC(=O)c3ccc(Cl)cc3Cl)C(C)C)CC2)cc1. The van der Waals surface area contributed by atoms with Crippen molar-refractivity contribution in [2.75, 3.05) is 20.2 Å². The predicted molar refractivity (Wildman–Crippen MR) is 129 cm³/mol. The number of methoxy groups -OCH3 is 1. The molecule has 2 aromatic carbocycles. The van der Waals surface area contributed by atoms with Gasteiger partial charge in [-0.3, -0.25) is 14.4 Å². The molecule has 0 radical (unpaired) electrons. The van der Waals surface area contributed by atoms with E-state index in [1.165, 1.54) is 12.1 Å². The molecule has 0 aromatic heterocycles. The Kier molecular flexibility index (Phi) is 8.38. The number of hydrogen-bond donors (Lipinski definition) is 1. The topological polar surface area (TPSA) is 75.7 Å². The molecule has 0 saturated carbocycles. The van der Waals surface area contributed by atoms with Crippen LogP contribution in [0.4, 0.5) is 0 Å². The zero-order chi connectivity index (χ0) is 24.1. The van der Waals surface area contributed by atoms with Gasteiger partial charge in [0.25, 0.3) is 5.91 Å². The molecule has 1 aliphatic rings. The summed E-state index contributed by atoms with van der Waals surface area (Å²) in [6.07, 6.45) is 1.16. The van der Waals surface area contributed by atoms with Crippen LogP contribution in [-0.2, 0) is 4.79 Å². The monoisotopic (exact) mass is 490 g/mol. The lowest BCUT2D eigenvalue weighted by Crippen LogP contribution is -2.53. The van der Waals surface area contributed by atoms with Crippen molar-refractivity contribution in [1.29, 1.82) is 0 Å². The molecular weight excluding hydrogens is 463 g/mol. The summed E-state index contributed by atoms with van der Waals surface area (Å²) in [6.45, 7) is 4.69. The lowest BCUT2D eigenvalue weighted by Gasteiger charge is -2.35. The lowest BCUT2D eigenvalue weighted by molar-refractivity contribution is -0.135. The van der Waals surface area contributed by atoms with Crippen molar-refractivity contribution in [1.82, 2.24) is 10.2 Å². The summed E-state index contributed by atoms with van der Waals surface area (Å²) in [5.74, 6) is -0.0508. The van der Waals surface area contributed by atoms with Crippen LogP contribution in [0.3, 0.4) is 0 Å². The molecule has 2 aromatic rings. The Morgan fingerprint density at radius 3 is 2.21 bits per heavy atom. The second kappa shape index (κ2) is 11.0. The second-order valence-electron chi connectivity index (χ2n) is 8.51. The molecule has 33 heavy (non-hydrogen) atoms. The number of carbonyl (C=O) groups excluding carboxylic acids is 3. The van der Waals surface area contributed by atoms with Crippen molar-refractivity contribution in [3.05, 3.63) is 63.6 Å². The smallest absolute Gasteiger partial charge is 0.253 e. The van der Waals surface area contributed by atoms with E-state index in [1.807, 2.05) is 13.8 Å². The molecule has 1 heterocycles. The molecule has 2 amide bonds. The van der Waals surface area contributed by atoms with Crippen molar-refractivity contribution < 1.29 is 19.1 Å². The number of amides is 2. The largest absolute Gasteiger partial charge is 0.497 e. The predicted octanol–water partition coefficient (Wildman–Crippen LogP) is 4.88. The van der Waals surface area contributed by atoms with Gasteiger partial charge in [-0.2, -0.15) is 0 Å². The quantitative estimate of drug-likeness (QED) is 0.561. The van der Waals surface area contributed by atoms with Gasteiger partial charge in [-0.15, -0.1) is 0 Å². The standard InChI is InChI=1S/C25H28Cl2N2O4/c1-15(2)22(28-24(31)20-9-6-18(26)14-21(20)27)25(32)29-12-10-17(11-13-29)23(30)16-4-7-19(33-3)8-5-16/h4-9,14-15,17,22H,10-13H2,1-3H3,(H,28,31). The molecule has 1 atom stereocenters. The fourth-order valence-corrected chi connectivity index (χ4v) is 4.45. The van der Waals surface area contributed by atoms with Gasteiger partial charge >= 0.3 is 0 Å². The van der Waals surface area contributed by atoms with Gasteiger partial charge in [-0.25, -0.2) is 0 Å². The Morgan fingerprint density at radius 2 is 1.67 bits per heavy atom. The zero-order valence-corrected chi connectivity index (χ0v) is 20.4. The van der Waals surface area contributed by atoms with Gasteiger partial charge in [0.15, 0.2) is 5.78 Å². The first-order valence-corrected chi connectivity index (χ1v) is 11.7. The summed E-state index contributed by atoms with van der Waals surface area (Å²) < 4.78 is 5.15. The number of ketones is 1. The average molecular weight is 491 g/mol.